The fourth-order valence-corrected chi connectivity index (χ4v) is 3.62. The second-order valence-corrected chi connectivity index (χ2v) is 8.21. The van der Waals surface area contributed by atoms with Crippen LogP contribution in [0.4, 0.5) is 0 Å². The van der Waals surface area contributed by atoms with Crippen molar-refractivity contribution < 1.29 is 38.0 Å². The Labute approximate surface area is 228 Å². The first-order valence-electron chi connectivity index (χ1n) is 10.9. The van der Waals surface area contributed by atoms with Gasteiger partial charge in [-0.3, -0.25) is 4.79 Å². The number of hydrogen-bond acceptors (Lipinski definition) is 9. The summed E-state index contributed by atoms with van der Waals surface area (Å²) in [4.78, 5) is 24.8. The topological polar surface area (TPSA) is 114 Å². The number of hydrogen-bond donors (Lipinski definition) is 1. The van der Waals surface area contributed by atoms with E-state index in [1.54, 1.807) is 24.3 Å². The highest BCUT2D eigenvalue weighted by Gasteiger charge is 2.19. The van der Waals surface area contributed by atoms with Crippen LogP contribution in [0.2, 0.25) is 10.0 Å². The van der Waals surface area contributed by atoms with E-state index >= 15 is 0 Å². The summed E-state index contributed by atoms with van der Waals surface area (Å²) in [6, 6.07) is 12.4. The van der Waals surface area contributed by atoms with Gasteiger partial charge in [0.05, 0.1) is 45.2 Å². The molecule has 0 radical (unpaired) electrons. The number of amides is 1. The maximum atomic E-state index is 12.8. The summed E-state index contributed by atoms with van der Waals surface area (Å²) < 4.78 is 32.1. The lowest BCUT2D eigenvalue weighted by atomic mass is 10.1. The molecule has 3 aromatic carbocycles. The Morgan fingerprint density at radius 2 is 1.47 bits per heavy atom. The molecular formula is C26H24Cl2N2O8. The molecule has 38 heavy (non-hydrogen) atoms. The van der Waals surface area contributed by atoms with Crippen molar-refractivity contribution in [3.8, 4) is 34.5 Å². The lowest BCUT2D eigenvalue weighted by molar-refractivity contribution is -0.123. The highest BCUT2D eigenvalue weighted by atomic mass is 35.5. The Morgan fingerprint density at radius 3 is 2.08 bits per heavy atom. The third-order valence-electron chi connectivity index (χ3n) is 4.95. The van der Waals surface area contributed by atoms with Crippen LogP contribution in [-0.2, 0) is 4.79 Å². The van der Waals surface area contributed by atoms with Crippen molar-refractivity contribution in [2.24, 2.45) is 5.10 Å². The Bertz CT molecular complexity index is 1320. The van der Waals surface area contributed by atoms with Gasteiger partial charge in [0.2, 0.25) is 5.75 Å². The molecule has 0 aromatic heterocycles. The van der Waals surface area contributed by atoms with Crippen molar-refractivity contribution in [3.05, 3.63) is 69.7 Å². The Morgan fingerprint density at radius 1 is 0.816 bits per heavy atom. The molecule has 3 rings (SSSR count). The molecular weight excluding hydrogens is 539 g/mol. The van der Waals surface area contributed by atoms with E-state index < -0.39 is 11.9 Å². The maximum Gasteiger partial charge on any atom is 0.343 e. The number of rotatable bonds is 11. The van der Waals surface area contributed by atoms with Crippen LogP contribution in [0.3, 0.4) is 0 Å². The maximum absolute atomic E-state index is 12.8. The Hall–Kier alpha value is -4.15. The molecule has 0 unspecified atom stereocenters. The van der Waals surface area contributed by atoms with Crippen molar-refractivity contribution in [3.63, 3.8) is 0 Å². The van der Waals surface area contributed by atoms with E-state index in [0.29, 0.717) is 33.6 Å². The first-order chi connectivity index (χ1) is 18.3. The van der Waals surface area contributed by atoms with Crippen LogP contribution in [0.25, 0.3) is 0 Å². The van der Waals surface area contributed by atoms with Gasteiger partial charge in [-0.05, 0) is 54.1 Å². The average molecular weight is 563 g/mol. The zero-order valence-electron chi connectivity index (χ0n) is 20.9. The van der Waals surface area contributed by atoms with Crippen molar-refractivity contribution >= 4 is 41.3 Å². The Kier molecular flexibility index (Phi) is 10.0. The fourth-order valence-electron chi connectivity index (χ4n) is 3.15. The van der Waals surface area contributed by atoms with Crippen LogP contribution in [-0.4, -0.2) is 53.1 Å². The first-order valence-corrected chi connectivity index (χ1v) is 11.6. The monoisotopic (exact) mass is 562 g/mol. The number of benzene rings is 3. The molecule has 0 saturated carbocycles. The van der Waals surface area contributed by atoms with Gasteiger partial charge in [0, 0.05) is 5.02 Å². The molecule has 12 heteroatoms. The molecule has 0 aliphatic heterocycles. The van der Waals surface area contributed by atoms with E-state index in [0.717, 1.165) is 0 Å². The van der Waals surface area contributed by atoms with Crippen molar-refractivity contribution in [1.29, 1.82) is 0 Å². The van der Waals surface area contributed by atoms with E-state index in [1.807, 2.05) is 0 Å². The van der Waals surface area contributed by atoms with E-state index in [4.69, 9.17) is 51.6 Å². The van der Waals surface area contributed by atoms with Crippen LogP contribution >= 0.6 is 23.2 Å². The van der Waals surface area contributed by atoms with Gasteiger partial charge >= 0.3 is 5.97 Å². The quantitative estimate of drug-likeness (QED) is 0.154. The van der Waals surface area contributed by atoms with Crippen molar-refractivity contribution in [2.75, 3.05) is 35.0 Å². The zero-order valence-corrected chi connectivity index (χ0v) is 22.4. The summed E-state index contributed by atoms with van der Waals surface area (Å²) in [6.45, 7) is -0.308. The second kappa shape index (κ2) is 13.4. The van der Waals surface area contributed by atoms with Crippen molar-refractivity contribution in [1.82, 2.24) is 5.43 Å². The molecule has 0 saturated heterocycles. The van der Waals surface area contributed by atoms with Crippen LogP contribution in [0.1, 0.15) is 15.9 Å². The van der Waals surface area contributed by atoms with E-state index in [1.165, 1.54) is 58.9 Å². The van der Waals surface area contributed by atoms with E-state index in [2.05, 4.69) is 10.5 Å². The lowest BCUT2D eigenvalue weighted by Gasteiger charge is -2.14. The summed E-state index contributed by atoms with van der Waals surface area (Å²) >= 11 is 11.9. The van der Waals surface area contributed by atoms with Gasteiger partial charge < -0.3 is 28.4 Å². The summed E-state index contributed by atoms with van der Waals surface area (Å²) in [5, 5.41) is 4.63. The minimum Gasteiger partial charge on any atom is -0.493 e. The molecule has 0 spiro atoms. The molecule has 0 fully saturated rings. The normalized spacial score (nSPS) is 10.6. The molecule has 10 nitrogen and oxygen atoms in total. The summed E-state index contributed by atoms with van der Waals surface area (Å²) in [7, 11) is 5.78. The van der Waals surface area contributed by atoms with Gasteiger partial charge in [-0.2, -0.15) is 5.10 Å². The SMILES string of the molecule is COc1cc(C=NNC(=O)COc2ccc(Cl)cc2Cl)ccc1OC(=O)c1cc(OC)c(OC)c(OC)c1. The fraction of sp³-hybridized carbons (Fsp3) is 0.192. The number of ether oxygens (including phenoxy) is 6. The summed E-state index contributed by atoms with van der Waals surface area (Å²) in [5.41, 5.74) is 3.09. The molecule has 0 aliphatic carbocycles. The van der Waals surface area contributed by atoms with E-state index in [-0.39, 0.29) is 28.7 Å². The minimum absolute atomic E-state index is 0.167. The number of halogens is 2. The van der Waals surface area contributed by atoms with Gasteiger partial charge in [-0.1, -0.05) is 23.2 Å². The highest BCUT2D eigenvalue weighted by Crippen LogP contribution is 2.39. The van der Waals surface area contributed by atoms with Crippen LogP contribution < -0.4 is 33.8 Å². The number of nitrogens with one attached hydrogen (secondary N) is 1. The predicted molar refractivity (Wildman–Crippen MR) is 142 cm³/mol. The van der Waals surface area contributed by atoms with Gasteiger partial charge in [-0.25, -0.2) is 10.2 Å². The molecule has 1 N–H and O–H groups in total. The number of esters is 1. The zero-order chi connectivity index (χ0) is 27.7. The molecule has 1 amide bonds. The first kappa shape index (κ1) is 28.4. The highest BCUT2D eigenvalue weighted by molar-refractivity contribution is 6.35. The number of nitrogens with zero attached hydrogens (tertiary/aromatic N) is 1. The average Bonchev–Trinajstić information content (AvgIpc) is 2.92. The third kappa shape index (κ3) is 7.21. The second-order valence-electron chi connectivity index (χ2n) is 7.37. The third-order valence-corrected chi connectivity index (χ3v) is 5.48. The molecule has 3 aromatic rings. The van der Waals surface area contributed by atoms with Crippen LogP contribution in [0.15, 0.2) is 53.6 Å². The molecule has 200 valence electrons. The number of hydrazone groups is 1. The molecule has 0 atom stereocenters. The predicted octanol–water partition coefficient (Wildman–Crippen LogP) is 4.78. The van der Waals surface area contributed by atoms with Gasteiger partial charge in [0.1, 0.15) is 5.75 Å². The van der Waals surface area contributed by atoms with Gasteiger partial charge in [0.15, 0.2) is 29.6 Å². The molecule has 0 bridgehead atoms. The van der Waals surface area contributed by atoms with E-state index in [9.17, 15) is 9.59 Å². The minimum atomic E-state index is -0.669. The smallest absolute Gasteiger partial charge is 0.343 e. The summed E-state index contributed by atoms with van der Waals surface area (Å²) in [6.07, 6.45) is 1.39. The number of methoxy groups -OCH3 is 4. The molecule has 0 heterocycles. The summed E-state index contributed by atoms with van der Waals surface area (Å²) in [5.74, 6) is 0.536. The number of carbonyl (C=O) groups excluding carboxylic acids is 2. The van der Waals surface area contributed by atoms with Crippen molar-refractivity contribution in [2.45, 2.75) is 0 Å². The Balaban J connectivity index is 1.64. The van der Waals surface area contributed by atoms with Gasteiger partial charge in [-0.15, -0.1) is 0 Å². The van der Waals surface area contributed by atoms with Crippen LogP contribution in [0.5, 0.6) is 34.5 Å². The molecule has 0 aliphatic rings. The number of carbonyl (C=O) groups is 2. The largest absolute Gasteiger partial charge is 0.493 e. The van der Waals surface area contributed by atoms with Crippen LogP contribution in [0, 0.1) is 0 Å². The standard InChI is InChI=1S/C26H24Cl2N2O8/c1-33-21-9-15(13-29-30-24(31)14-37-19-8-6-17(27)12-18(19)28)5-7-20(21)38-26(32)16-10-22(34-2)25(36-4)23(11-16)35-3/h5-13H,14H2,1-4H3,(H,30,31). The van der Waals surface area contributed by atoms with Gasteiger partial charge in [0.25, 0.3) is 5.91 Å². The lowest BCUT2D eigenvalue weighted by Crippen LogP contribution is -2.24.